The fourth-order valence-corrected chi connectivity index (χ4v) is 1.86. The van der Waals surface area contributed by atoms with E-state index in [0.29, 0.717) is 0 Å². The van der Waals surface area contributed by atoms with E-state index < -0.39 is 0 Å². The van der Waals surface area contributed by atoms with Crippen molar-refractivity contribution in [2.24, 2.45) is 0 Å². The quantitative estimate of drug-likeness (QED) is 0.814. The second-order valence-corrected chi connectivity index (χ2v) is 6.95. The molecule has 96 valence electrons. The van der Waals surface area contributed by atoms with Gasteiger partial charge in [0, 0.05) is 6.54 Å². The standard InChI is InChI=1S/C16H27N/c1-15(2,3)13-8-12(11-17-7)9-14(10-13)16(4,5)6/h8-10,17H,11H2,1-7H3. The maximum Gasteiger partial charge on any atom is 0.0202 e. The van der Waals surface area contributed by atoms with Crippen LogP contribution in [0, 0.1) is 0 Å². The predicted octanol–water partition coefficient (Wildman–Crippen LogP) is 4.00. The third-order valence-corrected chi connectivity index (χ3v) is 3.11. The van der Waals surface area contributed by atoms with Crippen LogP contribution in [0.15, 0.2) is 18.2 Å². The lowest BCUT2D eigenvalue weighted by Crippen LogP contribution is -2.18. The highest BCUT2D eigenvalue weighted by atomic mass is 14.8. The van der Waals surface area contributed by atoms with Gasteiger partial charge in [-0.15, -0.1) is 0 Å². The summed E-state index contributed by atoms with van der Waals surface area (Å²) < 4.78 is 0. The molecule has 0 spiro atoms. The van der Waals surface area contributed by atoms with Gasteiger partial charge in [0.1, 0.15) is 0 Å². The third-order valence-electron chi connectivity index (χ3n) is 3.11. The molecule has 17 heavy (non-hydrogen) atoms. The Morgan fingerprint density at radius 1 is 0.824 bits per heavy atom. The molecule has 1 N–H and O–H groups in total. The van der Waals surface area contributed by atoms with E-state index in [9.17, 15) is 0 Å². The molecule has 0 aliphatic rings. The second kappa shape index (κ2) is 4.81. The van der Waals surface area contributed by atoms with E-state index in [1.807, 2.05) is 7.05 Å². The van der Waals surface area contributed by atoms with E-state index in [4.69, 9.17) is 0 Å². The summed E-state index contributed by atoms with van der Waals surface area (Å²) in [5, 5.41) is 3.24. The Morgan fingerprint density at radius 3 is 1.53 bits per heavy atom. The topological polar surface area (TPSA) is 12.0 Å². The molecule has 0 heterocycles. The minimum absolute atomic E-state index is 0.212. The molecule has 1 heteroatoms. The van der Waals surface area contributed by atoms with Crippen molar-refractivity contribution in [2.45, 2.75) is 58.9 Å². The van der Waals surface area contributed by atoms with E-state index in [0.717, 1.165) is 6.54 Å². The van der Waals surface area contributed by atoms with Crippen LogP contribution in [0.1, 0.15) is 58.2 Å². The second-order valence-electron chi connectivity index (χ2n) is 6.95. The minimum Gasteiger partial charge on any atom is -0.316 e. The summed E-state index contributed by atoms with van der Waals surface area (Å²) in [6.07, 6.45) is 0. The van der Waals surface area contributed by atoms with Crippen molar-refractivity contribution >= 4 is 0 Å². The van der Waals surface area contributed by atoms with E-state index in [2.05, 4.69) is 65.1 Å². The monoisotopic (exact) mass is 233 g/mol. The molecular formula is C16H27N. The van der Waals surface area contributed by atoms with Gasteiger partial charge in [0.2, 0.25) is 0 Å². The molecule has 1 nitrogen and oxygen atoms in total. The van der Waals surface area contributed by atoms with Crippen LogP contribution in [-0.2, 0) is 17.4 Å². The fourth-order valence-electron chi connectivity index (χ4n) is 1.86. The van der Waals surface area contributed by atoms with E-state index in [1.54, 1.807) is 0 Å². The number of nitrogens with one attached hydrogen (secondary N) is 1. The van der Waals surface area contributed by atoms with Crippen LogP contribution in [0.4, 0.5) is 0 Å². The molecule has 0 aliphatic heterocycles. The van der Waals surface area contributed by atoms with Crippen molar-refractivity contribution in [3.63, 3.8) is 0 Å². The molecule has 0 aromatic heterocycles. The summed E-state index contributed by atoms with van der Waals surface area (Å²) in [6.45, 7) is 14.6. The van der Waals surface area contributed by atoms with Crippen molar-refractivity contribution in [1.29, 1.82) is 0 Å². The molecule has 0 atom stereocenters. The summed E-state index contributed by atoms with van der Waals surface area (Å²) in [5.41, 5.74) is 4.66. The molecule has 1 aromatic rings. The van der Waals surface area contributed by atoms with Gasteiger partial charge in [-0.1, -0.05) is 59.7 Å². The van der Waals surface area contributed by atoms with Crippen molar-refractivity contribution < 1.29 is 0 Å². The first-order chi connectivity index (χ1) is 7.64. The van der Waals surface area contributed by atoms with Gasteiger partial charge < -0.3 is 5.32 Å². The van der Waals surface area contributed by atoms with Crippen LogP contribution in [-0.4, -0.2) is 7.05 Å². The summed E-state index contributed by atoms with van der Waals surface area (Å²) in [5.74, 6) is 0. The first-order valence-electron chi connectivity index (χ1n) is 6.44. The molecule has 0 bridgehead atoms. The Kier molecular flexibility index (Phi) is 4.03. The van der Waals surface area contributed by atoms with Crippen molar-refractivity contribution in [1.82, 2.24) is 5.32 Å². The van der Waals surface area contributed by atoms with E-state index in [1.165, 1.54) is 16.7 Å². The van der Waals surface area contributed by atoms with Crippen LogP contribution >= 0.6 is 0 Å². The number of benzene rings is 1. The number of hydrogen-bond acceptors (Lipinski definition) is 1. The van der Waals surface area contributed by atoms with E-state index in [-0.39, 0.29) is 10.8 Å². The van der Waals surface area contributed by atoms with Gasteiger partial charge in [0.05, 0.1) is 0 Å². The molecule has 0 aliphatic carbocycles. The highest BCUT2D eigenvalue weighted by Gasteiger charge is 2.20. The summed E-state index contributed by atoms with van der Waals surface area (Å²) in [6, 6.07) is 7.01. The molecule has 0 fully saturated rings. The van der Waals surface area contributed by atoms with Crippen LogP contribution in [0.3, 0.4) is 0 Å². The number of hydrogen-bond donors (Lipinski definition) is 1. The summed E-state index contributed by atoms with van der Waals surface area (Å²) in [4.78, 5) is 0. The molecule has 0 saturated carbocycles. The molecule has 0 radical (unpaired) electrons. The zero-order chi connectivity index (χ0) is 13.3. The molecule has 0 saturated heterocycles. The Balaban J connectivity index is 3.29. The molecular weight excluding hydrogens is 206 g/mol. The van der Waals surface area contributed by atoms with Crippen LogP contribution < -0.4 is 5.32 Å². The Hall–Kier alpha value is -0.820. The van der Waals surface area contributed by atoms with Gasteiger partial charge in [-0.3, -0.25) is 0 Å². The molecule has 1 aromatic carbocycles. The van der Waals surface area contributed by atoms with Gasteiger partial charge in [-0.2, -0.15) is 0 Å². The largest absolute Gasteiger partial charge is 0.316 e. The zero-order valence-corrected chi connectivity index (χ0v) is 12.4. The van der Waals surface area contributed by atoms with Gasteiger partial charge in [0.25, 0.3) is 0 Å². The average Bonchev–Trinajstić information content (AvgIpc) is 2.15. The zero-order valence-electron chi connectivity index (χ0n) is 12.4. The third kappa shape index (κ3) is 3.85. The Morgan fingerprint density at radius 2 is 1.24 bits per heavy atom. The van der Waals surface area contributed by atoms with Gasteiger partial charge in [0.15, 0.2) is 0 Å². The fraction of sp³-hybridized carbons (Fsp3) is 0.625. The van der Waals surface area contributed by atoms with Crippen LogP contribution in [0.5, 0.6) is 0 Å². The van der Waals surface area contributed by atoms with Crippen molar-refractivity contribution in [3.8, 4) is 0 Å². The summed E-state index contributed by atoms with van der Waals surface area (Å²) >= 11 is 0. The lowest BCUT2D eigenvalue weighted by Gasteiger charge is -2.26. The lowest BCUT2D eigenvalue weighted by molar-refractivity contribution is 0.566. The SMILES string of the molecule is CNCc1cc(C(C)(C)C)cc(C(C)(C)C)c1. The van der Waals surface area contributed by atoms with Crippen molar-refractivity contribution in [3.05, 3.63) is 34.9 Å². The number of rotatable bonds is 2. The first kappa shape index (κ1) is 14.2. The Labute approximate surface area is 107 Å². The van der Waals surface area contributed by atoms with Crippen LogP contribution in [0.2, 0.25) is 0 Å². The first-order valence-corrected chi connectivity index (χ1v) is 6.44. The maximum atomic E-state index is 3.24. The molecule has 0 amide bonds. The normalized spacial score (nSPS) is 12.9. The highest BCUT2D eigenvalue weighted by molar-refractivity contribution is 5.37. The maximum absolute atomic E-state index is 3.24. The summed E-state index contributed by atoms with van der Waals surface area (Å²) in [7, 11) is 2.00. The van der Waals surface area contributed by atoms with Crippen molar-refractivity contribution in [2.75, 3.05) is 7.05 Å². The van der Waals surface area contributed by atoms with Gasteiger partial charge in [-0.05, 0) is 34.6 Å². The van der Waals surface area contributed by atoms with Gasteiger partial charge in [-0.25, -0.2) is 0 Å². The minimum atomic E-state index is 0.212. The molecule has 1 rings (SSSR count). The lowest BCUT2D eigenvalue weighted by atomic mass is 9.79. The van der Waals surface area contributed by atoms with E-state index >= 15 is 0 Å². The Bertz CT molecular complexity index is 345. The highest BCUT2D eigenvalue weighted by Crippen LogP contribution is 2.30. The molecule has 0 unspecified atom stereocenters. The smallest absolute Gasteiger partial charge is 0.0202 e. The average molecular weight is 233 g/mol. The van der Waals surface area contributed by atoms with Gasteiger partial charge >= 0.3 is 0 Å². The predicted molar refractivity (Wildman–Crippen MR) is 76.6 cm³/mol. The van der Waals surface area contributed by atoms with Crippen LogP contribution in [0.25, 0.3) is 0 Å².